The van der Waals surface area contributed by atoms with E-state index in [-0.39, 0.29) is 12.0 Å². The van der Waals surface area contributed by atoms with Crippen LogP contribution < -0.4 is 5.32 Å². The quantitative estimate of drug-likeness (QED) is 0.813. The highest BCUT2D eigenvalue weighted by Crippen LogP contribution is 2.32. The molecule has 1 fully saturated rings. The summed E-state index contributed by atoms with van der Waals surface area (Å²) in [7, 11) is 0. The van der Waals surface area contributed by atoms with Crippen LogP contribution in [0.25, 0.3) is 0 Å². The second-order valence-electron chi connectivity index (χ2n) is 5.90. The smallest absolute Gasteiger partial charge is 0.328 e. The first-order valence-corrected chi connectivity index (χ1v) is 8.16. The Labute approximate surface area is 132 Å². The number of rotatable bonds is 5. The maximum Gasteiger partial charge on any atom is 0.328 e. The zero-order valence-corrected chi connectivity index (χ0v) is 13.5. The third-order valence-corrected chi connectivity index (χ3v) is 4.49. The summed E-state index contributed by atoms with van der Waals surface area (Å²) in [5.74, 6) is 0.961. The molecule has 0 bridgehead atoms. The molecule has 1 N–H and O–H groups in total. The average Bonchev–Trinajstić information content (AvgIpc) is 2.48. The number of hydrogen-bond donors (Lipinski definition) is 1. The van der Waals surface area contributed by atoms with E-state index in [1.165, 1.54) is 12.8 Å². The van der Waals surface area contributed by atoms with E-state index in [9.17, 15) is 4.79 Å². The van der Waals surface area contributed by atoms with Crippen molar-refractivity contribution < 1.29 is 9.53 Å². The molecule has 1 saturated carbocycles. The van der Waals surface area contributed by atoms with Crippen molar-refractivity contribution in [3.63, 3.8) is 0 Å². The highest BCUT2D eigenvalue weighted by molar-refractivity contribution is 6.30. The minimum absolute atomic E-state index is 0.146. The van der Waals surface area contributed by atoms with Crippen molar-refractivity contribution in [1.82, 2.24) is 0 Å². The number of carbonyl (C=O) groups excluding carboxylic acids is 1. The molecule has 0 radical (unpaired) electrons. The number of anilines is 1. The van der Waals surface area contributed by atoms with Crippen LogP contribution in [0.1, 0.15) is 39.5 Å². The SMILES string of the molecule is CCOC(=O)C(Nc1ccc(Cl)cc1)C1CCC(C)CC1. The molecular formula is C17H24ClNO2. The predicted octanol–water partition coefficient (Wildman–Crippen LogP) is 4.51. The minimum Gasteiger partial charge on any atom is -0.464 e. The third kappa shape index (κ3) is 4.63. The van der Waals surface area contributed by atoms with Gasteiger partial charge in [-0.1, -0.05) is 31.4 Å². The van der Waals surface area contributed by atoms with Gasteiger partial charge in [-0.3, -0.25) is 0 Å². The standard InChI is InChI=1S/C17H24ClNO2/c1-3-21-17(20)16(13-6-4-12(2)5-7-13)19-15-10-8-14(18)9-11-15/h8-13,16,19H,3-7H2,1-2H3. The highest BCUT2D eigenvalue weighted by Gasteiger charge is 2.32. The molecule has 0 heterocycles. The van der Waals surface area contributed by atoms with Crippen molar-refractivity contribution in [2.24, 2.45) is 11.8 Å². The molecule has 1 aliphatic carbocycles. The lowest BCUT2D eigenvalue weighted by atomic mass is 9.79. The Balaban J connectivity index is 2.08. The Hall–Kier alpha value is -1.22. The van der Waals surface area contributed by atoms with Crippen LogP contribution in [0.2, 0.25) is 5.02 Å². The molecule has 1 aliphatic rings. The number of halogens is 1. The summed E-state index contributed by atoms with van der Waals surface area (Å²) in [6.07, 6.45) is 4.52. The van der Waals surface area contributed by atoms with Crippen LogP contribution in [0.4, 0.5) is 5.69 Å². The molecule has 2 rings (SSSR count). The first kappa shape index (κ1) is 16.2. The van der Waals surface area contributed by atoms with Crippen molar-refractivity contribution in [3.8, 4) is 0 Å². The second kappa shape index (κ2) is 7.69. The fourth-order valence-electron chi connectivity index (χ4n) is 2.95. The van der Waals surface area contributed by atoms with E-state index in [4.69, 9.17) is 16.3 Å². The molecule has 0 aromatic heterocycles. The van der Waals surface area contributed by atoms with E-state index in [1.54, 1.807) is 0 Å². The van der Waals surface area contributed by atoms with E-state index in [0.717, 1.165) is 24.4 Å². The van der Waals surface area contributed by atoms with Crippen molar-refractivity contribution in [2.45, 2.75) is 45.6 Å². The zero-order chi connectivity index (χ0) is 15.2. The summed E-state index contributed by atoms with van der Waals surface area (Å²) < 4.78 is 5.25. The van der Waals surface area contributed by atoms with Crippen LogP contribution in [-0.4, -0.2) is 18.6 Å². The van der Waals surface area contributed by atoms with Gasteiger partial charge < -0.3 is 10.1 Å². The van der Waals surface area contributed by atoms with Gasteiger partial charge in [0, 0.05) is 10.7 Å². The van der Waals surface area contributed by atoms with Crippen molar-refractivity contribution in [1.29, 1.82) is 0 Å². The van der Waals surface area contributed by atoms with Gasteiger partial charge in [0.15, 0.2) is 0 Å². The molecule has 0 spiro atoms. The summed E-state index contributed by atoms with van der Waals surface area (Å²) in [6.45, 7) is 4.54. The van der Waals surface area contributed by atoms with Gasteiger partial charge in [-0.2, -0.15) is 0 Å². The fraction of sp³-hybridized carbons (Fsp3) is 0.588. The Morgan fingerprint density at radius 1 is 1.29 bits per heavy atom. The molecule has 116 valence electrons. The van der Waals surface area contributed by atoms with Crippen molar-refractivity contribution >= 4 is 23.3 Å². The number of esters is 1. The molecule has 0 amide bonds. The number of hydrogen-bond acceptors (Lipinski definition) is 3. The van der Waals surface area contributed by atoms with Gasteiger partial charge in [-0.15, -0.1) is 0 Å². The number of ether oxygens (including phenoxy) is 1. The van der Waals surface area contributed by atoms with Gasteiger partial charge in [0.25, 0.3) is 0 Å². The van der Waals surface area contributed by atoms with Gasteiger partial charge in [-0.05, 0) is 55.9 Å². The normalized spacial score (nSPS) is 23.4. The fourth-order valence-corrected chi connectivity index (χ4v) is 3.07. The largest absolute Gasteiger partial charge is 0.464 e. The molecule has 1 atom stereocenters. The zero-order valence-electron chi connectivity index (χ0n) is 12.8. The number of nitrogens with one attached hydrogen (secondary N) is 1. The molecule has 1 unspecified atom stereocenters. The van der Waals surface area contributed by atoms with E-state index in [0.29, 0.717) is 17.5 Å². The minimum atomic E-state index is -0.265. The van der Waals surface area contributed by atoms with Gasteiger partial charge in [-0.25, -0.2) is 4.79 Å². The van der Waals surface area contributed by atoms with Gasteiger partial charge in [0.1, 0.15) is 6.04 Å². The van der Waals surface area contributed by atoms with Crippen LogP contribution in [0.5, 0.6) is 0 Å². The van der Waals surface area contributed by atoms with Crippen LogP contribution >= 0.6 is 11.6 Å². The van der Waals surface area contributed by atoms with E-state index in [2.05, 4.69) is 12.2 Å². The van der Waals surface area contributed by atoms with Crippen molar-refractivity contribution in [3.05, 3.63) is 29.3 Å². The third-order valence-electron chi connectivity index (χ3n) is 4.24. The van der Waals surface area contributed by atoms with Gasteiger partial charge in [0.05, 0.1) is 6.61 Å². The topological polar surface area (TPSA) is 38.3 Å². The molecule has 1 aromatic carbocycles. The van der Waals surface area contributed by atoms with Crippen molar-refractivity contribution in [2.75, 3.05) is 11.9 Å². The molecule has 3 nitrogen and oxygen atoms in total. The maximum atomic E-state index is 12.3. The predicted molar refractivity (Wildman–Crippen MR) is 86.6 cm³/mol. The van der Waals surface area contributed by atoms with Crippen LogP contribution in [0.15, 0.2) is 24.3 Å². The van der Waals surface area contributed by atoms with Gasteiger partial charge >= 0.3 is 5.97 Å². The Bertz CT molecular complexity index is 452. The van der Waals surface area contributed by atoms with Crippen LogP contribution in [0, 0.1) is 11.8 Å². The first-order chi connectivity index (χ1) is 10.1. The summed E-state index contributed by atoms with van der Waals surface area (Å²) in [5.41, 5.74) is 0.913. The summed E-state index contributed by atoms with van der Waals surface area (Å²) in [6, 6.07) is 7.20. The Morgan fingerprint density at radius 2 is 1.90 bits per heavy atom. The lowest BCUT2D eigenvalue weighted by molar-refractivity contribution is -0.145. The second-order valence-corrected chi connectivity index (χ2v) is 6.34. The molecule has 1 aromatic rings. The number of benzene rings is 1. The van der Waals surface area contributed by atoms with Crippen LogP contribution in [-0.2, 0) is 9.53 Å². The maximum absolute atomic E-state index is 12.3. The monoisotopic (exact) mass is 309 g/mol. The first-order valence-electron chi connectivity index (χ1n) is 7.79. The van der Waals surface area contributed by atoms with Gasteiger partial charge in [0.2, 0.25) is 0 Å². The Morgan fingerprint density at radius 3 is 2.48 bits per heavy atom. The summed E-state index contributed by atoms with van der Waals surface area (Å²) in [4.78, 5) is 12.3. The lowest BCUT2D eigenvalue weighted by Gasteiger charge is -2.32. The van der Waals surface area contributed by atoms with E-state index < -0.39 is 0 Å². The molecule has 4 heteroatoms. The molecule has 0 aliphatic heterocycles. The number of carbonyl (C=O) groups is 1. The average molecular weight is 310 g/mol. The lowest BCUT2D eigenvalue weighted by Crippen LogP contribution is -2.40. The molecule has 21 heavy (non-hydrogen) atoms. The molecule has 0 saturated heterocycles. The highest BCUT2D eigenvalue weighted by atomic mass is 35.5. The molecular weight excluding hydrogens is 286 g/mol. The van der Waals surface area contributed by atoms with Crippen LogP contribution in [0.3, 0.4) is 0 Å². The van der Waals surface area contributed by atoms with E-state index in [1.807, 2.05) is 31.2 Å². The Kier molecular flexibility index (Phi) is 5.92. The van der Waals surface area contributed by atoms with E-state index >= 15 is 0 Å². The summed E-state index contributed by atoms with van der Waals surface area (Å²) >= 11 is 5.91. The summed E-state index contributed by atoms with van der Waals surface area (Å²) in [5, 5.41) is 4.04.